The molecule has 1 N–H and O–H groups in total. The van der Waals surface area contributed by atoms with Gasteiger partial charge < -0.3 is 14.8 Å². The van der Waals surface area contributed by atoms with E-state index in [1.807, 2.05) is 0 Å². The zero-order chi connectivity index (χ0) is 17.0. The van der Waals surface area contributed by atoms with Gasteiger partial charge in [0.1, 0.15) is 19.5 Å². The van der Waals surface area contributed by atoms with E-state index in [4.69, 9.17) is 9.47 Å². The van der Waals surface area contributed by atoms with Crippen LogP contribution < -0.4 is 5.32 Å². The molecule has 7 nitrogen and oxygen atoms in total. The molecule has 2 heterocycles. The van der Waals surface area contributed by atoms with Crippen LogP contribution in [0.15, 0.2) is 41.2 Å². The first-order valence-corrected chi connectivity index (χ1v) is 9.37. The Balaban J connectivity index is 1.76. The Labute approximate surface area is 141 Å². The molecule has 1 saturated heterocycles. The quantitative estimate of drug-likeness (QED) is 0.891. The molecular weight excluding hydrogens is 332 g/mol. The minimum Gasteiger partial charge on any atom is -0.494 e. The Morgan fingerprint density at radius 2 is 1.92 bits per heavy atom. The Morgan fingerprint density at radius 1 is 1.12 bits per heavy atom. The van der Waals surface area contributed by atoms with E-state index in [1.54, 1.807) is 18.2 Å². The van der Waals surface area contributed by atoms with Gasteiger partial charge >= 0.3 is 0 Å². The zero-order valence-corrected chi connectivity index (χ0v) is 14.0. The van der Waals surface area contributed by atoms with Crippen LogP contribution in [0.2, 0.25) is 0 Å². The molecule has 1 aromatic rings. The molecule has 0 aliphatic carbocycles. The number of hydrogen-bond donors (Lipinski definition) is 1. The van der Waals surface area contributed by atoms with Crippen molar-refractivity contribution >= 4 is 21.6 Å². The van der Waals surface area contributed by atoms with Gasteiger partial charge in [0, 0.05) is 18.8 Å². The molecule has 130 valence electrons. The van der Waals surface area contributed by atoms with Crippen LogP contribution in [0, 0.1) is 0 Å². The van der Waals surface area contributed by atoms with Crippen LogP contribution in [0.3, 0.4) is 0 Å². The summed E-state index contributed by atoms with van der Waals surface area (Å²) in [5.74, 6) is -0.396. The molecular formula is C16H20N2O5S. The number of carbonyl (C=O) groups excluding carboxylic acids is 1. The number of carbonyl (C=O) groups is 1. The molecule has 0 unspecified atom stereocenters. The third kappa shape index (κ3) is 3.70. The van der Waals surface area contributed by atoms with Crippen molar-refractivity contribution in [2.45, 2.75) is 24.2 Å². The van der Waals surface area contributed by atoms with Crippen LogP contribution in [-0.2, 0) is 24.3 Å². The maximum absolute atomic E-state index is 12.7. The summed E-state index contributed by atoms with van der Waals surface area (Å²) in [7, 11) is -3.53. The molecule has 0 atom stereocenters. The molecule has 1 fully saturated rings. The van der Waals surface area contributed by atoms with E-state index in [2.05, 4.69) is 5.32 Å². The normalized spacial score (nSPS) is 18.9. The third-order valence-electron chi connectivity index (χ3n) is 3.92. The number of amides is 1. The van der Waals surface area contributed by atoms with Gasteiger partial charge in [-0.2, -0.15) is 4.31 Å². The average Bonchev–Trinajstić information content (AvgIpc) is 2.63. The minimum absolute atomic E-state index is 0.0746. The fourth-order valence-electron chi connectivity index (χ4n) is 2.67. The Morgan fingerprint density at radius 3 is 2.62 bits per heavy atom. The van der Waals surface area contributed by atoms with Crippen LogP contribution in [0.5, 0.6) is 0 Å². The van der Waals surface area contributed by atoms with Gasteiger partial charge in [-0.05, 0) is 31.0 Å². The van der Waals surface area contributed by atoms with E-state index >= 15 is 0 Å². The summed E-state index contributed by atoms with van der Waals surface area (Å²) < 4.78 is 37.1. The second-order valence-electron chi connectivity index (χ2n) is 5.65. The maximum Gasteiger partial charge on any atom is 0.294 e. The molecule has 0 spiro atoms. The number of anilines is 1. The molecule has 24 heavy (non-hydrogen) atoms. The molecule has 8 heteroatoms. The standard InChI is InChI=1S/C16H20N2O5S/c19-16(15-12-22-9-10-23-15)17-13-5-4-6-14(11-13)24(20,21)18-7-2-1-3-8-18/h4-6,11-12H,1-3,7-10H2,(H,17,19). The average molecular weight is 352 g/mol. The number of nitrogens with zero attached hydrogens (tertiary/aromatic N) is 1. The Bertz CT molecular complexity index is 739. The van der Waals surface area contributed by atoms with Crippen molar-refractivity contribution < 1.29 is 22.7 Å². The van der Waals surface area contributed by atoms with Crippen molar-refractivity contribution in [1.82, 2.24) is 4.31 Å². The molecule has 0 saturated carbocycles. The Hall–Kier alpha value is -2.06. The van der Waals surface area contributed by atoms with Gasteiger partial charge in [0.15, 0.2) is 0 Å². The van der Waals surface area contributed by atoms with Crippen molar-refractivity contribution in [1.29, 1.82) is 0 Å². The molecule has 2 aliphatic heterocycles. The number of hydrogen-bond acceptors (Lipinski definition) is 5. The van der Waals surface area contributed by atoms with Crippen molar-refractivity contribution in [3.63, 3.8) is 0 Å². The Kier molecular flexibility index (Phi) is 5.06. The van der Waals surface area contributed by atoms with Crippen LogP contribution in [0.1, 0.15) is 19.3 Å². The molecule has 0 aromatic heterocycles. The first kappa shape index (κ1) is 16.8. The zero-order valence-electron chi connectivity index (χ0n) is 13.2. The summed E-state index contributed by atoms with van der Waals surface area (Å²) in [5, 5.41) is 2.63. The first-order valence-electron chi connectivity index (χ1n) is 7.93. The van der Waals surface area contributed by atoms with E-state index in [1.165, 1.54) is 16.6 Å². The van der Waals surface area contributed by atoms with Crippen molar-refractivity contribution in [2.24, 2.45) is 0 Å². The summed E-state index contributed by atoms with van der Waals surface area (Å²) >= 11 is 0. The summed E-state index contributed by atoms with van der Waals surface area (Å²) in [6.45, 7) is 1.79. The van der Waals surface area contributed by atoms with Crippen LogP contribution in [0.4, 0.5) is 5.69 Å². The molecule has 2 aliphatic rings. The first-order chi connectivity index (χ1) is 11.6. The summed E-state index contributed by atoms with van der Waals surface area (Å²) in [4.78, 5) is 12.3. The highest BCUT2D eigenvalue weighted by molar-refractivity contribution is 7.89. The number of rotatable bonds is 4. The SMILES string of the molecule is O=C(Nc1cccc(S(=O)(=O)N2CCCCC2)c1)C1=COCCO1. The van der Waals surface area contributed by atoms with E-state index in [0.717, 1.165) is 19.3 Å². The molecule has 1 amide bonds. The smallest absolute Gasteiger partial charge is 0.294 e. The van der Waals surface area contributed by atoms with Gasteiger partial charge in [-0.15, -0.1) is 0 Å². The highest BCUT2D eigenvalue weighted by Crippen LogP contribution is 2.23. The highest BCUT2D eigenvalue weighted by Gasteiger charge is 2.26. The largest absolute Gasteiger partial charge is 0.494 e. The summed E-state index contributed by atoms with van der Waals surface area (Å²) in [6.07, 6.45) is 4.06. The van der Waals surface area contributed by atoms with Crippen molar-refractivity contribution in [3.05, 3.63) is 36.3 Å². The van der Waals surface area contributed by atoms with Gasteiger partial charge in [-0.1, -0.05) is 12.5 Å². The topological polar surface area (TPSA) is 84.9 Å². The van der Waals surface area contributed by atoms with Gasteiger partial charge in [-0.3, -0.25) is 4.79 Å². The number of benzene rings is 1. The van der Waals surface area contributed by atoms with Gasteiger partial charge in [0.25, 0.3) is 5.91 Å². The fraction of sp³-hybridized carbons (Fsp3) is 0.438. The van der Waals surface area contributed by atoms with E-state index in [0.29, 0.717) is 32.0 Å². The molecule has 0 bridgehead atoms. The summed E-state index contributed by atoms with van der Waals surface area (Å²) in [6, 6.07) is 6.25. The maximum atomic E-state index is 12.7. The molecule has 1 aromatic carbocycles. The van der Waals surface area contributed by atoms with Gasteiger partial charge in [-0.25, -0.2) is 8.42 Å². The van der Waals surface area contributed by atoms with Gasteiger partial charge in [0.05, 0.1) is 4.90 Å². The minimum atomic E-state index is -3.53. The molecule has 0 radical (unpaired) electrons. The lowest BCUT2D eigenvalue weighted by molar-refractivity contribution is -0.117. The lowest BCUT2D eigenvalue weighted by atomic mass is 10.2. The lowest BCUT2D eigenvalue weighted by Crippen LogP contribution is -2.35. The number of nitrogens with one attached hydrogen (secondary N) is 1. The number of sulfonamides is 1. The number of piperidine rings is 1. The van der Waals surface area contributed by atoms with Crippen molar-refractivity contribution in [2.75, 3.05) is 31.6 Å². The molecule has 3 rings (SSSR count). The predicted molar refractivity (Wildman–Crippen MR) is 87.7 cm³/mol. The van der Waals surface area contributed by atoms with Crippen LogP contribution in [-0.4, -0.2) is 44.9 Å². The van der Waals surface area contributed by atoms with Gasteiger partial charge in [0.2, 0.25) is 15.8 Å². The van der Waals surface area contributed by atoms with Crippen molar-refractivity contribution in [3.8, 4) is 0 Å². The second kappa shape index (κ2) is 7.23. The second-order valence-corrected chi connectivity index (χ2v) is 7.59. The summed E-state index contributed by atoms with van der Waals surface area (Å²) in [5.41, 5.74) is 0.396. The van der Waals surface area contributed by atoms with E-state index in [-0.39, 0.29) is 10.7 Å². The monoisotopic (exact) mass is 352 g/mol. The predicted octanol–water partition coefficient (Wildman–Crippen LogP) is 1.69. The van der Waals surface area contributed by atoms with Crippen LogP contribution in [0.25, 0.3) is 0 Å². The van der Waals surface area contributed by atoms with E-state index in [9.17, 15) is 13.2 Å². The van der Waals surface area contributed by atoms with Crippen LogP contribution >= 0.6 is 0 Å². The van der Waals surface area contributed by atoms with E-state index < -0.39 is 15.9 Å². The number of ether oxygens (including phenoxy) is 2. The highest BCUT2D eigenvalue weighted by atomic mass is 32.2. The third-order valence-corrected chi connectivity index (χ3v) is 5.81. The fourth-order valence-corrected chi connectivity index (χ4v) is 4.23. The lowest BCUT2D eigenvalue weighted by Gasteiger charge is -2.26.